The van der Waals surface area contributed by atoms with Gasteiger partial charge in [0, 0.05) is 51.2 Å². The smallest absolute Gasteiger partial charge is 0.225 e. The summed E-state index contributed by atoms with van der Waals surface area (Å²) in [6.07, 6.45) is 5.97. The summed E-state index contributed by atoms with van der Waals surface area (Å²) in [4.78, 5) is 13.6. The first-order valence-corrected chi connectivity index (χ1v) is 7.66. The van der Waals surface area contributed by atoms with E-state index in [1.807, 2.05) is 12.4 Å². The summed E-state index contributed by atoms with van der Waals surface area (Å²) in [6, 6.07) is 0.616. The number of anilines is 1. The van der Waals surface area contributed by atoms with Crippen molar-refractivity contribution in [2.24, 2.45) is 0 Å². The molecule has 5 nitrogen and oxygen atoms in total. The van der Waals surface area contributed by atoms with Gasteiger partial charge < -0.3 is 9.64 Å². The van der Waals surface area contributed by atoms with Crippen LogP contribution >= 0.6 is 15.9 Å². The van der Waals surface area contributed by atoms with Gasteiger partial charge in [-0.2, -0.15) is 0 Å². The van der Waals surface area contributed by atoms with Gasteiger partial charge in [-0.25, -0.2) is 9.97 Å². The average Bonchev–Trinajstić information content (AvgIpc) is 2.85. The molecule has 2 aliphatic heterocycles. The monoisotopic (exact) mass is 326 g/mol. The molecule has 0 N–H and O–H groups in total. The molecule has 3 heterocycles. The summed E-state index contributed by atoms with van der Waals surface area (Å²) < 4.78 is 6.42. The predicted octanol–water partition coefficient (Wildman–Crippen LogP) is 1.54. The zero-order valence-electron chi connectivity index (χ0n) is 11.0. The molecule has 2 aliphatic rings. The van der Waals surface area contributed by atoms with Gasteiger partial charge in [0.25, 0.3) is 0 Å². The summed E-state index contributed by atoms with van der Waals surface area (Å²) >= 11 is 3.37. The minimum atomic E-state index is 0.616. The first-order chi connectivity index (χ1) is 9.33. The molecule has 1 aromatic heterocycles. The Kier molecular flexibility index (Phi) is 4.30. The van der Waals surface area contributed by atoms with Crippen molar-refractivity contribution in [2.45, 2.75) is 18.9 Å². The highest BCUT2D eigenvalue weighted by molar-refractivity contribution is 9.10. The van der Waals surface area contributed by atoms with Crippen LogP contribution in [-0.2, 0) is 4.74 Å². The largest absolute Gasteiger partial charge is 0.380 e. The van der Waals surface area contributed by atoms with Crippen molar-refractivity contribution >= 4 is 21.9 Å². The van der Waals surface area contributed by atoms with E-state index in [2.05, 4.69) is 35.7 Å². The van der Waals surface area contributed by atoms with E-state index in [0.717, 1.165) is 56.2 Å². The summed E-state index contributed by atoms with van der Waals surface area (Å²) in [7, 11) is 0. The van der Waals surface area contributed by atoms with Gasteiger partial charge in [-0.15, -0.1) is 0 Å². The molecule has 6 heteroatoms. The molecule has 1 aromatic rings. The number of ether oxygens (including phenoxy) is 1. The lowest BCUT2D eigenvalue weighted by Crippen LogP contribution is -2.38. The maximum atomic E-state index is 5.49. The van der Waals surface area contributed by atoms with Crippen molar-refractivity contribution in [1.82, 2.24) is 14.9 Å². The number of rotatable bonds is 2. The van der Waals surface area contributed by atoms with Gasteiger partial charge in [0.05, 0.1) is 11.1 Å². The molecule has 0 aliphatic carbocycles. The van der Waals surface area contributed by atoms with E-state index >= 15 is 0 Å². The van der Waals surface area contributed by atoms with Crippen molar-refractivity contribution in [1.29, 1.82) is 0 Å². The summed E-state index contributed by atoms with van der Waals surface area (Å²) in [5.74, 6) is 0.840. The van der Waals surface area contributed by atoms with E-state index in [9.17, 15) is 0 Å². The van der Waals surface area contributed by atoms with Crippen LogP contribution in [0.5, 0.6) is 0 Å². The molecule has 1 atom stereocenters. The first kappa shape index (κ1) is 13.3. The van der Waals surface area contributed by atoms with Crippen LogP contribution in [0.2, 0.25) is 0 Å². The molecule has 2 fully saturated rings. The average molecular weight is 327 g/mol. The van der Waals surface area contributed by atoms with Gasteiger partial charge in [-0.1, -0.05) is 0 Å². The summed E-state index contributed by atoms with van der Waals surface area (Å²) in [6.45, 7) is 6.08. The molecule has 2 saturated heterocycles. The maximum absolute atomic E-state index is 5.49. The van der Waals surface area contributed by atoms with E-state index in [1.165, 1.54) is 6.42 Å². The number of hydrogen-bond acceptors (Lipinski definition) is 5. The van der Waals surface area contributed by atoms with Crippen molar-refractivity contribution in [3.8, 4) is 0 Å². The fourth-order valence-electron chi connectivity index (χ4n) is 2.78. The van der Waals surface area contributed by atoms with Crippen LogP contribution in [-0.4, -0.2) is 60.3 Å². The molecule has 1 unspecified atom stereocenters. The molecule has 0 aromatic carbocycles. The fourth-order valence-corrected chi connectivity index (χ4v) is 2.99. The molecule has 0 spiro atoms. The summed E-state index contributed by atoms with van der Waals surface area (Å²) in [5, 5.41) is 0. The topological polar surface area (TPSA) is 41.5 Å². The molecular weight excluding hydrogens is 308 g/mol. The molecule has 3 rings (SSSR count). The molecule has 19 heavy (non-hydrogen) atoms. The van der Waals surface area contributed by atoms with Crippen LogP contribution in [0.1, 0.15) is 12.8 Å². The number of nitrogens with zero attached hydrogens (tertiary/aromatic N) is 4. The molecule has 0 saturated carbocycles. The van der Waals surface area contributed by atoms with Crippen molar-refractivity contribution in [2.75, 3.05) is 44.3 Å². The second-order valence-corrected chi connectivity index (χ2v) is 6.01. The van der Waals surface area contributed by atoms with Crippen LogP contribution in [0.4, 0.5) is 5.95 Å². The number of halogens is 1. The SMILES string of the molecule is Brc1cnc(N2CCCN(C3CCOC3)CC2)nc1. The quantitative estimate of drug-likeness (QED) is 0.824. The molecular formula is C13H19BrN4O. The van der Waals surface area contributed by atoms with E-state index in [0.29, 0.717) is 6.04 Å². The Bertz CT molecular complexity index is 408. The van der Waals surface area contributed by atoms with E-state index in [-0.39, 0.29) is 0 Å². The third kappa shape index (κ3) is 3.24. The van der Waals surface area contributed by atoms with Crippen molar-refractivity contribution in [3.63, 3.8) is 0 Å². The Hall–Kier alpha value is -0.720. The Morgan fingerprint density at radius 2 is 2.00 bits per heavy atom. The number of aromatic nitrogens is 2. The van der Waals surface area contributed by atoms with E-state index < -0.39 is 0 Å². The van der Waals surface area contributed by atoms with Crippen LogP contribution < -0.4 is 4.90 Å². The van der Waals surface area contributed by atoms with E-state index in [1.54, 1.807) is 0 Å². The van der Waals surface area contributed by atoms with Crippen LogP contribution in [0.15, 0.2) is 16.9 Å². The Morgan fingerprint density at radius 1 is 1.16 bits per heavy atom. The van der Waals surface area contributed by atoms with Crippen molar-refractivity contribution in [3.05, 3.63) is 16.9 Å². The maximum Gasteiger partial charge on any atom is 0.225 e. The van der Waals surface area contributed by atoms with Gasteiger partial charge in [0.2, 0.25) is 5.95 Å². The first-order valence-electron chi connectivity index (χ1n) is 6.87. The highest BCUT2D eigenvalue weighted by Crippen LogP contribution is 2.17. The highest BCUT2D eigenvalue weighted by Gasteiger charge is 2.25. The highest BCUT2D eigenvalue weighted by atomic mass is 79.9. The number of hydrogen-bond donors (Lipinski definition) is 0. The zero-order chi connectivity index (χ0) is 13.1. The normalized spacial score (nSPS) is 25.5. The third-order valence-corrected chi connectivity index (χ3v) is 4.25. The zero-order valence-corrected chi connectivity index (χ0v) is 12.5. The van der Waals surface area contributed by atoms with Gasteiger partial charge in [-0.05, 0) is 28.8 Å². The minimum absolute atomic E-state index is 0.616. The lowest BCUT2D eigenvalue weighted by Gasteiger charge is -2.26. The van der Waals surface area contributed by atoms with Crippen LogP contribution in [0.25, 0.3) is 0 Å². The van der Waals surface area contributed by atoms with Gasteiger partial charge in [0.1, 0.15) is 0 Å². The molecule has 0 radical (unpaired) electrons. The summed E-state index contributed by atoms with van der Waals surface area (Å²) in [5.41, 5.74) is 0. The fraction of sp³-hybridized carbons (Fsp3) is 0.692. The standard InChI is InChI=1S/C13H19BrN4O/c14-11-8-15-13(16-9-11)18-4-1-3-17(5-6-18)12-2-7-19-10-12/h8-9,12H,1-7,10H2. The Labute approximate surface area is 122 Å². The second-order valence-electron chi connectivity index (χ2n) is 5.10. The van der Waals surface area contributed by atoms with E-state index in [4.69, 9.17) is 4.74 Å². The predicted molar refractivity (Wildman–Crippen MR) is 77.4 cm³/mol. The van der Waals surface area contributed by atoms with Gasteiger partial charge >= 0.3 is 0 Å². The van der Waals surface area contributed by atoms with Crippen LogP contribution in [0, 0.1) is 0 Å². The Morgan fingerprint density at radius 3 is 2.74 bits per heavy atom. The molecule has 0 amide bonds. The van der Waals surface area contributed by atoms with Crippen molar-refractivity contribution < 1.29 is 4.74 Å². The second kappa shape index (κ2) is 6.15. The third-order valence-electron chi connectivity index (χ3n) is 3.84. The molecule has 104 valence electrons. The van der Waals surface area contributed by atoms with Gasteiger partial charge in [-0.3, -0.25) is 4.90 Å². The molecule has 0 bridgehead atoms. The van der Waals surface area contributed by atoms with Gasteiger partial charge in [0.15, 0.2) is 0 Å². The Balaban J connectivity index is 1.62. The minimum Gasteiger partial charge on any atom is -0.380 e. The van der Waals surface area contributed by atoms with Crippen LogP contribution in [0.3, 0.4) is 0 Å². The lowest BCUT2D eigenvalue weighted by atomic mass is 10.2. The lowest BCUT2D eigenvalue weighted by molar-refractivity contribution is 0.148.